The van der Waals surface area contributed by atoms with Gasteiger partial charge < -0.3 is 16.4 Å². The normalized spacial score (nSPS) is 16.2. The average Bonchev–Trinajstić information content (AvgIpc) is 2.85. The first-order chi connectivity index (χ1) is 16.5. The highest BCUT2D eigenvalue weighted by atomic mass is 16.2. The Balaban J connectivity index is 1.21. The van der Waals surface area contributed by atoms with E-state index >= 15 is 0 Å². The van der Waals surface area contributed by atoms with Crippen molar-refractivity contribution in [3.8, 4) is 0 Å². The summed E-state index contributed by atoms with van der Waals surface area (Å²) in [6, 6.07) is 21.1. The van der Waals surface area contributed by atoms with Crippen LogP contribution in [-0.4, -0.2) is 42.3 Å². The molecule has 34 heavy (non-hydrogen) atoms. The summed E-state index contributed by atoms with van der Waals surface area (Å²) in [5.41, 5.74) is 7.86. The van der Waals surface area contributed by atoms with Crippen molar-refractivity contribution in [1.82, 2.24) is 10.2 Å². The molecule has 1 saturated heterocycles. The lowest BCUT2D eigenvalue weighted by Gasteiger charge is -2.31. The van der Waals surface area contributed by atoms with Crippen LogP contribution in [0.3, 0.4) is 0 Å². The highest BCUT2D eigenvalue weighted by Crippen LogP contribution is 2.19. The summed E-state index contributed by atoms with van der Waals surface area (Å²) < 4.78 is 0. The van der Waals surface area contributed by atoms with Gasteiger partial charge >= 0.3 is 0 Å². The van der Waals surface area contributed by atoms with Gasteiger partial charge in [0.25, 0.3) is 5.91 Å². The molecule has 3 aromatic rings. The van der Waals surface area contributed by atoms with Gasteiger partial charge in [-0.2, -0.15) is 0 Å². The van der Waals surface area contributed by atoms with Crippen LogP contribution in [0.2, 0.25) is 0 Å². The fourth-order valence-corrected chi connectivity index (χ4v) is 4.33. The van der Waals surface area contributed by atoms with Crippen LogP contribution in [0.4, 0.5) is 5.69 Å². The number of carbonyl (C=O) groups excluding carboxylic acids is 3. The molecule has 1 aliphatic heterocycles. The summed E-state index contributed by atoms with van der Waals surface area (Å²) in [5.74, 6) is -0.656. The number of primary amides is 1. The lowest BCUT2D eigenvalue weighted by Crippen LogP contribution is -2.40. The highest BCUT2D eigenvalue weighted by Gasteiger charge is 2.23. The number of carbonyl (C=O) groups is 3. The minimum absolute atomic E-state index is 0.0750. The lowest BCUT2D eigenvalue weighted by atomic mass is 9.97. The number of benzene rings is 3. The van der Waals surface area contributed by atoms with Crippen molar-refractivity contribution in [1.29, 1.82) is 0 Å². The van der Waals surface area contributed by atoms with Crippen LogP contribution in [0, 0.1) is 5.92 Å². The van der Waals surface area contributed by atoms with E-state index < -0.39 is 0 Å². The van der Waals surface area contributed by atoms with Crippen molar-refractivity contribution in [2.45, 2.75) is 25.8 Å². The van der Waals surface area contributed by atoms with E-state index in [1.165, 1.54) is 0 Å². The van der Waals surface area contributed by atoms with E-state index in [4.69, 9.17) is 5.73 Å². The van der Waals surface area contributed by atoms with E-state index in [1.54, 1.807) is 6.07 Å². The zero-order chi connectivity index (χ0) is 23.9. The summed E-state index contributed by atoms with van der Waals surface area (Å²) in [6.45, 7) is 2.65. The molecule has 3 amide bonds. The van der Waals surface area contributed by atoms with Gasteiger partial charge in [0.15, 0.2) is 0 Å². The second-order valence-corrected chi connectivity index (χ2v) is 8.79. The van der Waals surface area contributed by atoms with Crippen LogP contribution in [-0.2, 0) is 16.1 Å². The van der Waals surface area contributed by atoms with Crippen molar-refractivity contribution in [3.63, 3.8) is 0 Å². The van der Waals surface area contributed by atoms with Gasteiger partial charge in [-0.25, -0.2) is 0 Å². The predicted molar refractivity (Wildman–Crippen MR) is 133 cm³/mol. The van der Waals surface area contributed by atoms with Crippen molar-refractivity contribution >= 4 is 34.2 Å². The average molecular weight is 459 g/mol. The van der Waals surface area contributed by atoms with Crippen LogP contribution < -0.4 is 16.4 Å². The Bertz CT molecular complexity index is 1180. The molecule has 0 aromatic heterocycles. The van der Waals surface area contributed by atoms with Crippen LogP contribution in [0.15, 0.2) is 66.7 Å². The molecule has 0 saturated carbocycles. The first-order valence-corrected chi connectivity index (χ1v) is 11.7. The maximum atomic E-state index is 12.4. The number of hydrogen-bond acceptors (Lipinski definition) is 4. The summed E-state index contributed by atoms with van der Waals surface area (Å²) >= 11 is 0. The number of nitrogens with one attached hydrogen (secondary N) is 2. The molecule has 0 radical (unpaired) electrons. The molecular weight excluding hydrogens is 428 g/mol. The standard InChI is InChI=1S/C27H30N4O3/c28-26(33)23-6-3-15-31(18-23)17-19-7-11-24(12-8-19)30-25(32)13-14-29-27(34)22-10-9-20-4-1-2-5-21(20)16-22/h1-2,4-5,7-12,16,23H,3,6,13-15,17-18H2,(H2,28,33)(H,29,34)(H,30,32). The Labute approximate surface area is 199 Å². The number of rotatable bonds is 8. The maximum Gasteiger partial charge on any atom is 0.251 e. The van der Waals surface area contributed by atoms with Gasteiger partial charge in [0.05, 0.1) is 5.92 Å². The number of hydrogen-bond donors (Lipinski definition) is 3. The Morgan fingerprint density at radius 2 is 1.74 bits per heavy atom. The van der Waals surface area contributed by atoms with E-state index in [-0.39, 0.29) is 36.6 Å². The number of fused-ring (bicyclic) bond motifs is 1. The molecule has 4 rings (SSSR count). The van der Waals surface area contributed by atoms with Crippen molar-refractivity contribution < 1.29 is 14.4 Å². The van der Waals surface area contributed by atoms with E-state index in [0.717, 1.165) is 42.3 Å². The van der Waals surface area contributed by atoms with Crippen molar-refractivity contribution in [2.24, 2.45) is 11.7 Å². The number of piperidine rings is 1. The van der Waals surface area contributed by atoms with Gasteiger partial charge in [0, 0.05) is 37.3 Å². The number of nitrogens with two attached hydrogens (primary N) is 1. The zero-order valence-corrected chi connectivity index (χ0v) is 19.1. The Morgan fingerprint density at radius 3 is 2.50 bits per heavy atom. The van der Waals surface area contributed by atoms with Gasteiger partial charge in [-0.15, -0.1) is 0 Å². The molecule has 1 heterocycles. The third-order valence-electron chi connectivity index (χ3n) is 6.20. The van der Waals surface area contributed by atoms with Gasteiger partial charge in [-0.05, 0) is 60.0 Å². The summed E-state index contributed by atoms with van der Waals surface area (Å²) in [4.78, 5) is 38.4. The Morgan fingerprint density at radius 1 is 0.971 bits per heavy atom. The molecule has 1 atom stereocenters. The summed E-state index contributed by atoms with van der Waals surface area (Å²) in [7, 11) is 0. The molecule has 3 aromatic carbocycles. The van der Waals surface area contributed by atoms with E-state index in [2.05, 4.69) is 15.5 Å². The minimum Gasteiger partial charge on any atom is -0.369 e. The maximum absolute atomic E-state index is 12.4. The number of nitrogens with zero attached hydrogens (tertiary/aromatic N) is 1. The van der Waals surface area contributed by atoms with Gasteiger partial charge in [-0.3, -0.25) is 19.3 Å². The van der Waals surface area contributed by atoms with Gasteiger partial charge in [-0.1, -0.05) is 42.5 Å². The second kappa shape index (κ2) is 10.9. The third-order valence-corrected chi connectivity index (χ3v) is 6.20. The number of likely N-dealkylation sites (tertiary alicyclic amines) is 1. The molecule has 1 unspecified atom stereocenters. The molecule has 0 aliphatic carbocycles. The van der Waals surface area contributed by atoms with Crippen molar-refractivity contribution in [2.75, 3.05) is 25.0 Å². The topological polar surface area (TPSA) is 105 Å². The Kier molecular flexibility index (Phi) is 7.54. The molecule has 1 fully saturated rings. The fraction of sp³-hybridized carbons (Fsp3) is 0.296. The molecule has 0 spiro atoms. The SMILES string of the molecule is NC(=O)C1CCCN(Cc2ccc(NC(=O)CCNC(=O)c3ccc4ccccc4c3)cc2)C1. The monoisotopic (exact) mass is 458 g/mol. The smallest absolute Gasteiger partial charge is 0.251 e. The number of anilines is 1. The van der Waals surface area contributed by atoms with Crippen LogP contribution in [0.5, 0.6) is 0 Å². The minimum atomic E-state index is -0.226. The Hall–Kier alpha value is -3.71. The van der Waals surface area contributed by atoms with Crippen LogP contribution >= 0.6 is 0 Å². The molecule has 7 nitrogen and oxygen atoms in total. The predicted octanol–water partition coefficient (Wildman–Crippen LogP) is 3.30. The number of amides is 3. The van der Waals surface area contributed by atoms with E-state index in [9.17, 15) is 14.4 Å². The molecular formula is C27H30N4O3. The molecule has 7 heteroatoms. The van der Waals surface area contributed by atoms with Gasteiger partial charge in [0.1, 0.15) is 0 Å². The molecule has 0 bridgehead atoms. The lowest BCUT2D eigenvalue weighted by molar-refractivity contribution is -0.123. The van der Waals surface area contributed by atoms with E-state index in [0.29, 0.717) is 17.8 Å². The first-order valence-electron chi connectivity index (χ1n) is 11.7. The first kappa shape index (κ1) is 23.4. The second-order valence-electron chi connectivity index (χ2n) is 8.79. The summed E-state index contributed by atoms with van der Waals surface area (Å²) in [5, 5.41) is 7.76. The molecule has 176 valence electrons. The summed E-state index contributed by atoms with van der Waals surface area (Å²) in [6.07, 6.45) is 2.02. The van der Waals surface area contributed by atoms with Crippen molar-refractivity contribution in [3.05, 3.63) is 77.9 Å². The van der Waals surface area contributed by atoms with Crippen LogP contribution in [0.25, 0.3) is 10.8 Å². The molecule has 1 aliphatic rings. The largest absolute Gasteiger partial charge is 0.369 e. The van der Waals surface area contributed by atoms with Gasteiger partial charge in [0.2, 0.25) is 11.8 Å². The molecule has 4 N–H and O–H groups in total. The fourth-order valence-electron chi connectivity index (χ4n) is 4.33. The third kappa shape index (κ3) is 6.20. The quantitative estimate of drug-likeness (QED) is 0.482. The highest BCUT2D eigenvalue weighted by molar-refractivity contribution is 5.99. The van der Waals surface area contributed by atoms with Crippen LogP contribution in [0.1, 0.15) is 35.2 Å². The zero-order valence-electron chi connectivity index (χ0n) is 19.1. The van der Waals surface area contributed by atoms with E-state index in [1.807, 2.05) is 60.7 Å².